The Hall–Kier alpha value is -1.56. The average Bonchev–Trinajstić information content (AvgIpc) is 2.42. The van der Waals surface area contributed by atoms with Gasteiger partial charge in [-0.2, -0.15) is 0 Å². The molecule has 0 spiro atoms. The average molecular weight is 312 g/mol. The zero-order valence-electron chi connectivity index (χ0n) is 11.1. The lowest BCUT2D eigenvalue weighted by Crippen LogP contribution is -2.12. The van der Waals surface area contributed by atoms with Gasteiger partial charge in [-0.3, -0.25) is 0 Å². The van der Waals surface area contributed by atoms with Gasteiger partial charge < -0.3 is 10.7 Å². The smallest absolute Gasteiger partial charge is 0.145 e. The number of benzene rings is 1. The van der Waals surface area contributed by atoms with Gasteiger partial charge in [0.15, 0.2) is 0 Å². The molecule has 1 aromatic heterocycles. The van der Waals surface area contributed by atoms with Crippen molar-refractivity contribution in [1.82, 2.24) is 9.97 Å². The normalized spacial score (nSPS) is 10.7. The molecule has 7 heteroatoms. The zero-order valence-corrected chi connectivity index (χ0v) is 12.6. The monoisotopic (exact) mass is 311 g/mol. The maximum atomic E-state index is 6.12. The third-order valence-electron chi connectivity index (χ3n) is 2.62. The molecule has 2 aromatic rings. The molecule has 0 fully saturated rings. The summed E-state index contributed by atoms with van der Waals surface area (Å²) in [5.41, 5.74) is 3.12. The Morgan fingerprint density at radius 3 is 2.25 bits per heavy atom. The molecule has 106 valence electrons. The van der Waals surface area contributed by atoms with Crippen LogP contribution in [-0.4, -0.2) is 9.97 Å². The fourth-order valence-corrected chi connectivity index (χ4v) is 2.10. The number of nitrogens with zero attached hydrogens (tertiary/aromatic N) is 2. The summed E-state index contributed by atoms with van der Waals surface area (Å²) < 4.78 is 0. The molecule has 0 aliphatic carbocycles. The number of aromatic nitrogens is 2. The number of hydrogen-bond donors (Lipinski definition) is 3. The highest BCUT2D eigenvalue weighted by molar-refractivity contribution is 6.39. The summed E-state index contributed by atoms with van der Waals surface area (Å²) >= 11 is 12.2. The highest BCUT2D eigenvalue weighted by Gasteiger charge is 2.10. The van der Waals surface area contributed by atoms with Gasteiger partial charge in [0.25, 0.3) is 0 Å². The lowest BCUT2D eigenvalue weighted by Gasteiger charge is -2.13. The van der Waals surface area contributed by atoms with E-state index in [9.17, 15) is 0 Å². The predicted molar refractivity (Wildman–Crippen MR) is 83.7 cm³/mol. The van der Waals surface area contributed by atoms with Crippen LogP contribution >= 0.6 is 23.2 Å². The van der Waals surface area contributed by atoms with Gasteiger partial charge in [0.05, 0.1) is 15.7 Å². The summed E-state index contributed by atoms with van der Waals surface area (Å²) in [4.78, 5) is 8.71. The van der Waals surface area contributed by atoms with Crippen LogP contribution in [0.25, 0.3) is 0 Å². The Kier molecular flexibility index (Phi) is 4.65. The van der Waals surface area contributed by atoms with Crippen LogP contribution in [0.4, 0.5) is 17.3 Å². The number of nitrogens with two attached hydrogens (primary N) is 1. The SMILES string of the molecule is CC(C)c1nc(NN)cc(Nc2c(Cl)cccc2Cl)n1. The number of nitrogens with one attached hydrogen (secondary N) is 2. The van der Waals surface area contributed by atoms with Crippen LogP contribution in [-0.2, 0) is 0 Å². The van der Waals surface area contributed by atoms with Crippen LogP contribution in [0.3, 0.4) is 0 Å². The van der Waals surface area contributed by atoms with Crippen LogP contribution in [0.1, 0.15) is 25.6 Å². The number of anilines is 3. The molecule has 5 nitrogen and oxygen atoms in total. The van der Waals surface area contributed by atoms with Crippen molar-refractivity contribution >= 4 is 40.5 Å². The summed E-state index contributed by atoms with van der Waals surface area (Å²) in [6, 6.07) is 6.97. The van der Waals surface area contributed by atoms with Gasteiger partial charge in [0, 0.05) is 12.0 Å². The van der Waals surface area contributed by atoms with Crippen LogP contribution in [0.15, 0.2) is 24.3 Å². The first-order chi connectivity index (χ1) is 9.51. The lowest BCUT2D eigenvalue weighted by molar-refractivity contribution is 0.777. The minimum atomic E-state index is 0.172. The van der Waals surface area contributed by atoms with E-state index in [4.69, 9.17) is 29.0 Å². The summed E-state index contributed by atoms with van der Waals surface area (Å²) in [6.45, 7) is 4.00. The molecule has 0 saturated heterocycles. The number of nitrogen functional groups attached to an aromatic ring is 1. The molecule has 20 heavy (non-hydrogen) atoms. The second kappa shape index (κ2) is 6.26. The van der Waals surface area contributed by atoms with Crippen LogP contribution in [0.5, 0.6) is 0 Å². The molecule has 0 unspecified atom stereocenters. The van der Waals surface area contributed by atoms with Crippen molar-refractivity contribution in [3.05, 3.63) is 40.1 Å². The van der Waals surface area contributed by atoms with Crippen molar-refractivity contribution in [3.8, 4) is 0 Å². The Balaban J connectivity index is 2.40. The van der Waals surface area contributed by atoms with Crippen molar-refractivity contribution in [2.75, 3.05) is 10.7 Å². The van der Waals surface area contributed by atoms with Crippen molar-refractivity contribution in [2.24, 2.45) is 5.84 Å². The van der Waals surface area contributed by atoms with E-state index in [1.165, 1.54) is 0 Å². The summed E-state index contributed by atoms with van der Waals surface area (Å²) in [7, 11) is 0. The fourth-order valence-electron chi connectivity index (χ4n) is 1.61. The topological polar surface area (TPSA) is 75.9 Å². The van der Waals surface area contributed by atoms with E-state index in [0.29, 0.717) is 33.2 Å². The van der Waals surface area contributed by atoms with Crippen LogP contribution in [0.2, 0.25) is 10.0 Å². The molecule has 0 bridgehead atoms. The second-order valence-corrected chi connectivity index (χ2v) is 5.33. The largest absolute Gasteiger partial charge is 0.338 e. The van der Waals surface area contributed by atoms with Gasteiger partial charge in [-0.05, 0) is 12.1 Å². The van der Waals surface area contributed by atoms with Gasteiger partial charge in [-0.1, -0.05) is 43.1 Å². The molecule has 0 saturated carbocycles. The Morgan fingerprint density at radius 1 is 1.10 bits per heavy atom. The van der Waals surface area contributed by atoms with Crippen molar-refractivity contribution < 1.29 is 0 Å². The predicted octanol–water partition coefficient (Wildman–Crippen LogP) is 3.94. The first kappa shape index (κ1) is 14.8. The molecule has 0 radical (unpaired) electrons. The molecule has 4 N–H and O–H groups in total. The Bertz CT molecular complexity index is 595. The lowest BCUT2D eigenvalue weighted by atomic mass is 10.2. The molecule has 0 aliphatic heterocycles. The highest BCUT2D eigenvalue weighted by Crippen LogP contribution is 2.32. The van der Waals surface area contributed by atoms with E-state index in [1.54, 1.807) is 24.3 Å². The Morgan fingerprint density at radius 2 is 1.70 bits per heavy atom. The highest BCUT2D eigenvalue weighted by atomic mass is 35.5. The number of hydrogen-bond acceptors (Lipinski definition) is 5. The molecule has 0 aliphatic rings. The minimum absolute atomic E-state index is 0.172. The van der Waals surface area contributed by atoms with Crippen LogP contribution in [0, 0.1) is 0 Å². The summed E-state index contributed by atoms with van der Waals surface area (Å²) in [6.07, 6.45) is 0. The quantitative estimate of drug-likeness (QED) is 0.589. The van der Waals surface area contributed by atoms with Gasteiger partial charge in [0.2, 0.25) is 0 Å². The zero-order chi connectivity index (χ0) is 14.7. The van der Waals surface area contributed by atoms with E-state index in [-0.39, 0.29) is 5.92 Å². The first-order valence-electron chi connectivity index (χ1n) is 6.08. The Labute approximate surface area is 127 Å². The van der Waals surface area contributed by atoms with E-state index < -0.39 is 0 Å². The maximum absolute atomic E-state index is 6.12. The van der Waals surface area contributed by atoms with Gasteiger partial charge in [0.1, 0.15) is 17.5 Å². The van der Waals surface area contributed by atoms with Gasteiger partial charge in [-0.25, -0.2) is 15.8 Å². The van der Waals surface area contributed by atoms with E-state index >= 15 is 0 Å². The van der Waals surface area contributed by atoms with Gasteiger partial charge in [-0.15, -0.1) is 0 Å². The van der Waals surface area contributed by atoms with E-state index in [1.807, 2.05) is 13.8 Å². The number of rotatable bonds is 4. The maximum Gasteiger partial charge on any atom is 0.145 e. The number of para-hydroxylation sites is 1. The van der Waals surface area contributed by atoms with E-state index in [0.717, 1.165) is 0 Å². The fraction of sp³-hybridized carbons (Fsp3) is 0.231. The molecule has 0 amide bonds. The molecule has 1 aromatic carbocycles. The van der Waals surface area contributed by atoms with E-state index in [2.05, 4.69) is 20.7 Å². The first-order valence-corrected chi connectivity index (χ1v) is 6.83. The molecule has 2 rings (SSSR count). The van der Waals surface area contributed by atoms with Crippen molar-refractivity contribution in [2.45, 2.75) is 19.8 Å². The molecular formula is C13H15Cl2N5. The number of hydrazine groups is 1. The molecular weight excluding hydrogens is 297 g/mol. The number of halogens is 2. The molecule has 1 heterocycles. The summed E-state index contributed by atoms with van der Waals surface area (Å²) in [5.74, 6) is 7.36. The second-order valence-electron chi connectivity index (χ2n) is 4.52. The minimum Gasteiger partial charge on any atom is -0.338 e. The molecule has 0 atom stereocenters. The summed E-state index contributed by atoms with van der Waals surface area (Å²) in [5, 5.41) is 4.14. The van der Waals surface area contributed by atoms with Crippen LogP contribution < -0.4 is 16.6 Å². The third-order valence-corrected chi connectivity index (χ3v) is 3.25. The van der Waals surface area contributed by atoms with Crippen molar-refractivity contribution in [1.29, 1.82) is 0 Å². The van der Waals surface area contributed by atoms with Gasteiger partial charge >= 0.3 is 0 Å². The standard InChI is InChI=1S/C13H15Cl2N5/c1-7(2)13-18-10(6-11(19-13)20-16)17-12-8(14)4-3-5-9(12)15/h3-7H,16H2,1-2H3,(H2,17,18,19,20). The van der Waals surface area contributed by atoms with Crippen molar-refractivity contribution in [3.63, 3.8) is 0 Å². The third kappa shape index (κ3) is 3.30.